The van der Waals surface area contributed by atoms with Gasteiger partial charge in [-0.2, -0.15) is 0 Å². The maximum absolute atomic E-state index is 12.3. The Morgan fingerprint density at radius 1 is 1.24 bits per heavy atom. The lowest BCUT2D eigenvalue weighted by atomic mass is 9.88. The van der Waals surface area contributed by atoms with Gasteiger partial charge in [0.15, 0.2) is 0 Å². The summed E-state index contributed by atoms with van der Waals surface area (Å²) < 4.78 is 0. The molecule has 1 rings (SSSR count). The van der Waals surface area contributed by atoms with Crippen molar-refractivity contribution in [2.24, 2.45) is 5.41 Å². The van der Waals surface area contributed by atoms with Crippen LogP contribution >= 0.6 is 11.6 Å². The molecule has 0 spiro atoms. The molecule has 1 amide bonds. The van der Waals surface area contributed by atoms with Gasteiger partial charge < -0.3 is 9.80 Å². The number of carbonyl (C=O) groups excluding carboxylic acids is 1. The van der Waals surface area contributed by atoms with Crippen molar-refractivity contribution in [3.8, 4) is 0 Å². The Hall–Kier alpha value is -0.280. The molecule has 0 aromatic heterocycles. The summed E-state index contributed by atoms with van der Waals surface area (Å²) in [6, 6.07) is 0. The molecular weight excluding hydrogens is 236 g/mol. The van der Waals surface area contributed by atoms with Crippen molar-refractivity contribution in [1.29, 1.82) is 0 Å². The van der Waals surface area contributed by atoms with Crippen LogP contribution in [0.3, 0.4) is 0 Å². The highest BCUT2D eigenvalue weighted by Gasteiger charge is 2.30. The number of nitrogens with zero attached hydrogens (tertiary/aromatic N) is 2. The third kappa shape index (κ3) is 4.14. The standard InChI is InChI=1S/C13H25ClN2O/c1-4-13(2,3)12(17)16-8-5-7-15(9-6-14)10-11-16/h4-11H2,1-3H3. The van der Waals surface area contributed by atoms with E-state index >= 15 is 0 Å². The van der Waals surface area contributed by atoms with Crippen molar-refractivity contribution >= 4 is 17.5 Å². The number of hydrogen-bond donors (Lipinski definition) is 0. The van der Waals surface area contributed by atoms with E-state index in [0.717, 1.165) is 45.6 Å². The van der Waals surface area contributed by atoms with Gasteiger partial charge in [0.25, 0.3) is 0 Å². The SMILES string of the molecule is CCC(C)(C)C(=O)N1CCCN(CCCl)CC1. The summed E-state index contributed by atoms with van der Waals surface area (Å²) in [6.07, 6.45) is 1.95. The van der Waals surface area contributed by atoms with Crippen LogP contribution in [0.4, 0.5) is 0 Å². The third-order valence-electron chi connectivity index (χ3n) is 3.74. The first-order valence-electron chi connectivity index (χ1n) is 6.59. The number of halogens is 1. The molecule has 0 aromatic rings. The molecule has 3 nitrogen and oxygen atoms in total. The van der Waals surface area contributed by atoms with E-state index in [0.29, 0.717) is 11.8 Å². The quantitative estimate of drug-likeness (QED) is 0.724. The van der Waals surface area contributed by atoms with E-state index < -0.39 is 0 Å². The molecule has 1 aliphatic heterocycles. The highest BCUT2D eigenvalue weighted by Crippen LogP contribution is 2.23. The van der Waals surface area contributed by atoms with Crippen molar-refractivity contribution in [1.82, 2.24) is 9.80 Å². The fraction of sp³-hybridized carbons (Fsp3) is 0.923. The minimum absolute atomic E-state index is 0.221. The van der Waals surface area contributed by atoms with Crippen LogP contribution in [0, 0.1) is 5.41 Å². The molecule has 1 heterocycles. The lowest BCUT2D eigenvalue weighted by Crippen LogP contribution is -2.42. The normalized spacial score (nSPS) is 19.2. The van der Waals surface area contributed by atoms with Crippen LogP contribution in [0.2, 0.25) is 0 Å². The second-order valence-corrected chi connectivity index (χ2v) is 5.79. The first kappa shape index (κ1) is 14.8. The van der Waals surface area contributed by atoms with Gasteiger partial charge in [-0.3, -0.25) is 4.79 Å². The Morgan fingerprint density at radius 3 is 2.53 bits per heavy atom. The zero-order valence-electron chi connectivity index (χ0n) is 11.3. The molecule has 1 fully saturated rings. The van der Waals surface area contributed by atoms with E-state index in [1.807, 2.05) is 18.7 Å². The minimum Gasteiger partial charge on any atom is -0.341 e. The maximum Gasteiger partial charge on any atom is 0.228 e. The molecule has 0 bridgehead atoms. The number of carbonyl (C=O) groups is 1. The molecule has 0 unspecified atom stereocenters. The molecule has 0 aliphatic carbocycles. The minimum atomic E-state index is -0.221. The summed E-state index contributed by atoms with van der Waals surface area (Å²) in [6.45, 7) is 10.8. The van der Waals surface area contributed by atoms with Gasteiger partial charge in [0.1, 0.15) is 0 Å². The van der Waals surface area contributed by atoms with E-state index in [9.17, 15) is 4.79 Å². The van der Waals surface area contributed by atoms with Gasteiger partial charge in [-0.1, -0.05) is 20.8 Å². The predicted molar refractivity (Wildman–Crippen MR) is 72.4 cm³/mol. The van der Waals surface area contributed by atoms with Crippen LogP contribution in [-0.4, -0.2) is 54.3 Å². The number of hydrogen-bond acceptors (Lipinski definition) is 2. The first-order chi connectivity index (χ1) is 8.01. The Kier molecular flexibility index (Phi) is 5.74. The van der Waals surface area contributed by atoms with Gasteiger partial charge in [-0.15, -0.1) is 11.6 Å². The van der Waals surface area contributed by atoms with Gasteiger partial charge in [-0.05, 0) is 19.4 Å². The molecule has 17 heavy (non-hydrogen) atoms. The topological polar surface area (TPSA) is 23.6 Å². The van der Waals surface area contributed by atoms with Gasteiger partial charge in [0.2, 0.25) is 5.91 Å². The average Bonchev–Trinajstić information content (AvgIpc) is 2.54. The summed E-state index contributed by atoms with van der Waals surface area (Å²) in [7, 11) is 0. The maximum atomic E-state index is 12.3. The molecule has 100 valence electrons. The fourth-order valence-corrected chi connectivity index (χ4v) is 2.34. The molecule has 1 aliphatic rings. The van der Waals surface area contributed by atoms with Gasteiger partial charge in [0.05, 0.1) is 0 Å². The van der Waals surface area contributed by atoms with E-state index in [1.54, 1.807) is 0 Å². The summed E-state index contributed by atoms with van der Waals surface area (Å²) in [5, 5.41) is 0. The van der Waals surface area contributed by atoms with Crippen LogP contribution in [0.1, 0.15) is 33.6 Å². The molecule has 0 radical (unpaired) electrons. The summed E-state index contributed by atoms with van der Waals surface area (Å²) >= 11 is 5.76. The number of rotatable bonds is 4. The molecule has 0 aromatic carbocycles. The van der Waals surface area contributed by atoms with Crippen molar-refractivity contribution in [3.63, 3.8) is 0 Å². The Labute approximate surface area is 110 Å². The summed E-state index contributed by atoms with van der Waals surface area (Å²) in [4.78, 5) is 16.7. The molecule has 1 saturated heterocycles. The highest BCUT2D eigenvalue weighted by molar-refractivity contribution is 6.18. The second-order valence-electron chi connectivity index (χ2n) is 5.41. The van der Waals surface area contributed by atoms with Crippen LogP contribution in [0.25, 0.3) is 0 Å². The van der Waals surface area contributed by atoms with Gasteiger partial charge in [0, 0.05) is 37.5 Å². The zero-order chi connectivity index (χ0) is 12.9. The van der Waals surface area contributed by atoms with Crippen molar-refractivity contribution < 1.29 is 4.79 Å². The van der Waals surface area contributed by atoms with Crippen LogP contribution in [-0.2, 0) is 4.79 Å². The Balaban J connectivity index is 2.54. The molecule has 0 N–H and O–H groups in total. The lowest BCUT2D eigenvalue weighted by molar-refractivity contribution is -0.140. The molecule has 0 saturated carbocycles. The molecular formula is C13H25ClN2O. The fourth-order valence-electron chi connectivity index (χ4n) is 2.10. The van der Waals surface area contributed by atoms with Crippen LogP contribution < -0.4 is 0 Å². The van der Waals surface area contributed by atoms with Crippen molar-refractivity contribution in [2.45, 2.75) is 33.6 Å². The van der Waals surface area contributed by atoms with Crippen LogP contribution in [0.15, 0.2) is 0 Å². The van der Waals surface area contributed by atoms with Gasteiger partial charge >= 0.3 is 0 Å². The predicted octanol–water partition coefficient (Wildman–Crippen LogP) is 2.20. The summed E-state index contributed by atoms with van der Waals surface area (Å²) in [5.41, 5.74) is -0.221. The van der Waals surface area contributed by atoms with E-state index in [4.69, 9.17) is 11.6 Å². The number of alkyl halides is 1. The third-order valence-corrected chi connectivity index (χ3v) is 3.91. The smallest absolute Gasteiger partial charge is 0.228 e. The first-order valence-corrected chi connectivity index (χ1v) is 7.12. The zero-order valence-corrected chi connectivity index (χ0v) is 12.1. The van der Waals surface area contributed by atoms with E-state index in [-0.39, 0.29) is 5.41 Å². The largest absolute Gasteiger partial charge is 0.341 e. The van der Waals surface area contributed by atoms with Crippen molar-refractivity contribution in [3.05, 3.63) is 0 Å². The van der Waals surface area contributed by atoms with Crippen LogP contribution in [0.5, 0.6) is 0 Å². The highest BCUT2D eigenvalue weighted by atomic mass is 35.5. The molecule has 4 heteroatoms. The Bertz CT molecular complexity index is 256. The van der Waals surface area contributed by atoms with Crippen molar-refractivity contribution in [2.75, 3.05) is 38.6 Å². The number of amides is 1. The average molecular weight is 261 g/mol. The van der Waals surface area contributed by atoms with Gasteiger partial charge in [-0.25, -0.2) is 0 Å². The van der Waals surface area contributed by atoms with E-state index in [2.05, 4.69) is 11.8 Å². The monoisotopic (exact) mass is 260 g/mol. The lowest BCUT2D eigenvalue weighted by Gasteiger charge is -2.30. The Morgan fingerprint density at radius 2 is 1.94 bits per heavy atom. The molecule has 0 atom stereocenters. The second kappa shape index (κ2) is 6.60. The summed E-state index contributed by atoms with van der Waals surface area (Å²) in [5.74, 6) is 0.974. The van der Waals surface area contributed by atoms with E-state index in [1.165, 1.54) is 0 Å².